The summed E-state index contributed by atoms with van der Waals surface area (Å²) in [6, 6.07) is 7.93. The summed E-state index contributed by atoms with van der Waals surface area (Å²) in [5.74, 6) is 1.01. The second kappa shape index (κ2) is 6.72. The number of nitriles is 1. The van der Waals surface area contributed by atoms with E-state index in [0.717, 1.165) is 33.4 Å². The number of nitrogens with one attached hydrogen (secondary N) is 1. The molecule has 136 valence electrons. The third-order valence-corrected chi connectivity index (χ3v) is 5.00. The van der Waals surface area contributed by atoms with Gasteiger partial charge in [0.1, 0.15) is 11.6 Å². The standard InChI is InChI=1S/C20H19N5O2/c1-12-19(13(2)27-24-12)14-3-4-15-9-22-18(8-17(15)7-14)23-20(26)16-5-6-25(10-16)11-21/h3-4,7-9,16H,5-6,10H2,1-2H3,(H,22,23,26)/t16-/m0/s1. The van der Waals surface area contributed by atoms with Gasteiger partial charge in [0.05, 0.1) is 11.6 Å². The molecule has 0 aliphatic carbocycles. The van der Waals surface area contributed by atoms with E-state index >= 15 is 0 Å². The molecule has 0 bridgehead atoms. The predicted octanol–water partition coefficient (Wildman–Crippen LogP) is 3.25. The lowest BCUT2D eigenvalue weighted by Crippen LogP contribution is -2.25. The van der Waals surface area contributed by atoms with E-state index in [1.54, 1.807) is 11.1 Å². The van der Waals surface area contributed by atoms with Crippen molar-refractivity contribution in [2.24, 2.45) is 5.92 Å². The van der Waals surface area contributed by atoms with Crippen molar-refractivity contribution in [3.05, 3.63) is 41.9 Å². The van der Waals surface area contributed by atoms with Gasteiger partial charge in [0.25, 0.3) is 0 Å². The van der Waals surface area contributed by atoms with Crippen molar-refractivity contribution in [2.45, 2.75) is 20.3 Å². The Morgan fingerprint density at radius 1 is 1.33 bits per heavy atom. The summed E-state index contributed by atoms with van der Waals surface area (Å²) in [5, 5.41) is 17.8. The maximum absolute atomic E-state index is 12.4. The van der Waals surface area contributed by atoms with Crippen LogP contribution in [-0.4, -0.2) is 34.0 Å². The van der Waals surface area contributed by atoms with E-state index in [4.69, 9.17) is 9.78 Å². The largest absolute Gasteiger partial charge is 0.361 e. The van der Waals surface area contributed by atoms with Gasteiger partial charge < -0.3 is 14.7 Å². The first kappa shape index (κ1) is 17.0. The van der Waals surface area contributed by atoms with Crippen LogP contribution in [0.2, 0.25) is 0 Å². The first-order chi connectivity index (χ1) is 13.0. The van der Waals surface area contributed by atoms with Crippen LogP contribution in [0.3, 0.4) is 0 Å². The van der Waals surface area contributed by atoms with Crippen LogP contribution in [0.4, 0.5) is 5.82 Å². The maximum Gasteiger partial charge on any atom is 0.230 e. The van der Waals surface area contributed by atoms with Gasteiger partial charge in [-0.2, -0.15) is 5.26 Å². The molecule has 0 radical (unpaired) electrons. The third-order valence-electron chi connectivity index (χ3n) is 5.00. The Hall–Kier alpha value is -3.40. The van der Waals surface area contributed by atoms with Crippen molar-refractivity contribution < 1.29 is 9.32 Å². The van der Waals surface area contributed by atoms with E-state index in [1.807, 2.05) is 38.1 Å². The Morgan fingerprint density at radius 3 is 2.89 bits per heavy atom. The van der Waals surface area contributed by atoms with Crippen LogP contribution in [-0.2, 0) is 4.79 Å². The number of fused-ring (bicyclic) bond motifs is 1. The zero-order valence-electron chi connectivity index (χ0n) is 15.2. The Balaban J connectivity index is 1.60. The fourth-order valence-electron chi connectivity index (χ4n) is 3.55. The molecule has 4 rings (SSSR count). The summed E-state index contributed by atoms with van der Waals surface area (Å²) in [7, 11) is 0. The molecule has 3 aromatic rings. The number of hydrogen-bond acceptors (Lipinski definition) is 6. The van der Waals surface area contributed by atoms with E-state index in [1.165, 1.54) is 0 Å². The first-order valence-corrected chi connectivity index (χ1v) is 8.84. The molecule has 1 aromatic carbocycles. The van der Waals surface area contributed by atoms with Gasteiger partial charge in [0.15, 0.2) is 6.19 Å². The molecule has 1 aliphatic rings. The van der Waals surface area contributed by atoms with Gasteiger partial charge in [-0.15, -0.1) is 0 Å². The minimum atomic E-state index is -0.184. The lowest BCUT2D eigenvalue weighted by atomic mass is 10.0. The van der Waals surface area contributed by atoms with Gasteiger partial charge in [0, 0.05) is 30.2 Å². The number of pyridine rings is 1. The summed E-state index contributed by atoms with van der Waals surface area (Å²) >= 11 is 0. The number of likely N-dealkylation sites (tertiary alicyclic amines) is 1. The van der Waals surface area contributed by atoms with Crippen molar-refractivity contribution in [3.8, 4) is 17.3 Å². The van der Waals surface area contributed by atoms with Crippen LogP contribution in [0, 0.1) is 31.2 Å². The Kier molecular flexibility index (Phi) is 4.24. The number of anilines is 1. The molecule has 1 N–H and O–H groups in total. The molecule has 3 heterocycles. The van der Waals surface area contributed by atoms with Crippen molar-refractivity contribution >= 4 is 22.5 Å². The molecule has 27 heavy (non-hydrogen) atoms. The van der Waals surface area contributed by atoms with Crippen LogP contribution in [0.1, 0.15) is 17.9 Å². The second-order valence-corrected chi connectivity index (χ2v) is 6.85. The average molecular weight is 361 g/mol. The summed E-state index contributed by atoms with van der Waals surface area (Å²) in [6.07, 6.45) is 4.52. The smallest absolute Gasteiger partial charge is 0.230 e. The molecule has 7 nitrogen and oxygen atoms in total. The van der Waals surface area contributed by atoms with E-state index in [-0.39, 0.29) is 11.8 Å². The number of benzene rings is 1. The number of hydrogen-bond donors (Lipinski definition) is 1. The van der Waals surface area contributed by atoms with Gasteiger partial charge in [-0.05, 0) is 43.4 Å². The molecule has 1 saturated heterocycles. The number of rotatable bonds is 3. The molecule has 0 saturated carbocycles. The van der Waals surface area contributed by atoms with Crippen molar-refractivity contribution in [3.63, 3.8) is 0 Å². The third kappa shape index (κ3) is 3.22. The Bertz CT molecular complexity index is 1050. The predicted molar refractivity (Wildman–Crippen MR) is 101 cm³/mol. The van der Waals surface area contributed by atoms with E-state index in [2.05, 4.69) is 21.7 Å². The molecular weight excluding hydrogens is 342 g/mol. The SMILES string of the molecule is Cc1noc(C)c1-c1ccc2cnc(NC(=O)[C@H]3CCN(C#N)C3)cc2c1. The summed E-state index contributed by atoms with van der Waals surface area (Å²) in [5.41, 5.74) is 2.85. The lowest BCUT2D eigenvalue weighted by Gasteiger charge is -2.11. The van der Waals surface area contributed by atoms with Gasteiger partial charge in [0.2, 0.25) is 5.91 Å². The molecule has 7 heteroatoms. The van der Waals surface area contributed by atoms with Crippen molar-refractivity contribution in [1.29, 1.82) is 5.26 Å². The van der Waals surface area contributed by atoms with Crippen LogP contribution in [0.5, 0.6) is 0 Å². The van der Waals surface area contributed by atoms with E-state index < -0.39 is 0 Å². The highest BCUT2D eigenvalue weighted by Gasteiger charge is 2.28. The molecule has 1 aliphatic heterocycles. The Labute approximate surface area is 156 Å². The quantitative estimate of drug-likeness (QED) is 0.720. The van der Waals surface area contributed by atoms with Crippen LogP contribution in [0.25, 0.3) is 21.9 Å². The van der Waals surface area contributed by atoms with Crippen LogP contribution >= 0.6 is 0 Å². The molecule has 1 atom stereocenters. The molecule has 1 fully saturated rings. The van der Waals surface area contributed by atoms with Crippen molar-refractivity contribution in [2.75, 3.05) is 18.4 Å². The minimum absolute atomic E-state index is 0.0959. The summed E-state index contributed by atoms with van der Waals surface area (Å²) in [4.78, 5) is 18.4. The monoisotopic (exact) mass is 361 g/mol. The maximum atomic E-state index is 12.4. The number of carbonyl (C=O) groups excluding carboxylic acids is 1. The number of nitrogens with zero attached hydrogens (tertiary/aromatic N) is 4. The Morgan fingerprint density at radius 2 is 2.19 bits per heavy atom. The second-order valence-electron chi connectivity index (χ2n) is 6.85. The van der Waals surface area contributed by atoms with E-state index in [0.29, 0.717) is 25.3 Å². The number of aryl methyl sites for hydroxylation is 2. The number of aromatic nitrogens is 2. The van der Waals surface area contributed by atoms with Crippen molar-refractivity contribution in [1.82, 2.24) is 15.0 Å². The normalized spacial score (nSPS) is 16.5. The first-order valence-electron chi connectivity index (χ1n) is 8.84. The van der Waals surface area contributed by atoms with Gasteiger partial charge >= 0.3 is 0 Å². The topological polar surface area (TPSA) is 95.1 Å². The average Bonchev–Trinajstić information content (AvgIpc) is 3.28. The highest BCUT2D eigenvalue weighted by atomic mass is 16.5. The summed E-state index contributed by atoms with van der Waals surface area (Å²) in [6.45, 7) is 4.90. The highest BCUT2D eigenvalue weighted by molar-refractivity contribution is 5.95. The molecule has 2 aromatic heterocycles. The molecule has 1 amide bonds. The molecule has 0 unspecified atom stereocenters. The van der Waals surface area contributed by atoms with Gasteiger partial charge in [-0.3, -0.25) is 4.79 Å². The molecule has 0 spiro atoms. The number of amides is 1. The molecular formula is C20H19N5O2. The van der Waals surface area contributed by atoms with E-state index in [9.17, 15) is 4.79 Å². The fourth-order valence-corrected chi connectivity index (χ4v) is 3.55. The van der Waals surface area contributed by atoms with Crippen LogP contribution in [0.15, 0.2) is 35.0 Å². The highest BCUT2D eigenvalue weighted by Crippen LogP contribution is 2.30. The lowest BCUT2D eigenvalue weighted by molar-refractivity contribution is -0.119. The minimum Gasteiger partial charge on any atom is -0.361 e. The summed E-state index contributed by atoms with van der Waals surface area (Å²) < 4.78 is 5.27. The fraction of sp³-hybridized carbons (Fsp3) is 0.300. The zero-order valence-corrected chi connectivity index (χ0v) is 15.2. The van der Waals surface area contributed by atoms with Gasteiger partial charge in [-0.25, -0.2) is 4.98 Å². The van der Waals surface area contributed by atoms with Gasteiger partial charge in [-0.1, -0.05) is 17.3 Å². The van der Waals surface area contributed by atoms with Crippen LogP contribution < -0.4 is 5.32 Å². The number of carbonyl (C=O) groups is 1. The zero-order chi connectivity index (χ0) is 19.0.